The molecule has 4 aromatic rings. The Morgan fingerprint density at radius 1 is 0.830 bits per heavy atom. The van der Waals surface area contributed by atoms with Gasteiger partial charge in [-0.25, -0.2) is 9.48 Å². The molecule has 248 valence electrons. The number of likely N-dealkylation sites (tertiary alicyclic amines) is 1. The number of urea groups is 1. The van der Waals surface area contributed by atoms with Gasteiger partial charge in [-0.15, -0.1) is 0 Å². The van der Waals surface area contributed by atoms with Crippen molar-refractivity contribution in [3.05, 3.63) is 107 Å². The average molecular weight is 636 g/mol. The van der Waals surface area contributed by atoms with Crippen molar-refractivity contribution in [2.45, 2.75) is 85.4 Å². The van der Waals surface area contributed by atoms with Gasteiger partial charge in [-0.3, -0.25) is 10.1 Å². The van der Waals surface area contributed by atoms with Gasteiger partial charge in [-0.1, -0.05) is 62.7 Å². The third kappa shape index (κ3) is 9.32. The van der Waals surface area contributed by atoms with Crippen molar-refractivity contribution in [3.8, 4) is 5.69 Å². The zero-order valence-electron chi connectivity index (χ0n) is 28.9. The molecule has 0 atom stereocenters. The Morgan fingerprint density at radius 3 is 2.04 bits per heavy atom. The summed E-state index contributed by atoms with van der Waals surface area (Å²) < 4.78 is 7.63. The molecule has 5 rings (SSSR count). The van der Waals surface area contributed by atoms with Crippen LogP contribution >= 0.6 is 0 Å². The van der Waals surface area contributed by atoms with Crippen LogP contribution in [-0.4, -0.2) is 45.3 Å². The molecule has 3 aromatic carbocycles. The number of anilines is 2. The van der Waals surface area contributed by atoms with Gasteiger partial charge in [0, 0.05) is 35.8 Å². The zero-order chi connectivity index (χ0) is 33.8. The van der Waals surface area contributed by atoms with Crippen LogP contribution in [0.25, 0.3) is 5.69 Å². The predicted molar refractivity (Wildman–Crippen MR) is 189 cm³/mol. The van der Waals surface area contributed by atoms with E-state index in [1.165, 1.54) is 5.56 Å². The van der Waals surface area contributed by atoms with E-state index < -0.39 is 0 Å². The molecular formula is C39H49N5O3. The van der Waals surface area contributed by atoms with E-state index in [2.05, 4.69) is 43.5 Å². The van der Waals surface area contributed by atoms with Crippen LogP contribution in [0.2, 0.25) is 0 Å². The molecule has 1 fully saturated rings. The van der Waals surface area contributed by atoms with Crippen LogP contribution in [0, 0.1) is 12.8 Å². The maximum Gasteiger partial charge on any atom is 0.324 e. The molecule has 8 nitrogen and oxygen atoms in total. The van der Waals surface area contributed by atoms with Crippen molar-refractivity contribution in [3.63, 3.8) is 0 Å². The highest BCUT2D eigenvalue weighted by atomic mass is 16.5. The number of nitrogens with one attached hydrogen (secondary N) is 2. The molecule has 1 aliphatic rings. The van der Waals surface area contributed by atoms with E-state index >= 15 is 0 Å². The van der Waals surface area contributed by atoms with Gasteiger partial charge in [0.15, 0.2) is 0 Å². The summed E-state index contributed by atoms with van der Waals surface area (Å²) in [5.74, 6) is 1.22. The number of hydrogen-bond acceptors (Lipinski definition) is 4. The number of amides is 3. The topological polar surface area (TPSA) is 88.5 Å². The number of nitrogens with zero attached hydrogens (tertiary/aromatic N) is 3. The number of ether oxygens (including phenoxy) is 1. The lowest BCUT2D eigenvalue weighted by molar-refractivity contribution is -0.0149. The summed E-state index contributed by atoms with van der Waals surface area (Å²) in [5, 5.41) is 10.8. The maximum atomic E-state index is 13.1. The first kappa shape index (κ1) is 33.9. The van der Waals surface area contributed by atoms with Gasteiger partial charge in [0.25, 0.3) is 5.91 Å². The van der Waals surface area contributed by atoms with Crippen LogP contribution in [0.3, 0.4) is 0 Å². The summed E-state index contributed by atoms with van der Waals surface area (Å²) in [6, 6.07) is 25.5. The quantitative estimate of drug-likeness (QED) is 0.203. The third-order valence-electron chi connectivity index (χ3n) is 8.51. The Kier molecular flexibility index (Phi) is 10.2. The lowest BCUT2D eigenvalue weighted by Crippen LogP contribution is -2.38. The normalized spacial score (nSPS) is 14.2. The van der Waals surface area contributed by atoms with Crippen LogP contribution in [0.1, 0.15) is 87.1 Å². The number of carbonyl (C=O) groups is 2. The second kappa shape index (κ2) is 14.1. The van der Waals surface area contributed by atoms with Crippen LogP contribution in [0.5, 0.6) is 0 Å². The standard InChI is InChI=1S/C39H49N5O3/c1-27-8-18-33(19-9-27)44-35(25-34(42-44)38(2,3)4)41-37(46)40-32-16-12-28(13-17-32)24-29-20-22-43(23-21-29)36(45)31-14-10-30(11-15-31)26-47-39(5,6)7/h8-19,25,29H,20-24,26H2,1-7H3,(H2,40,41,46). The van der Waals surface area contributed by atoms with E-state index in [1.54, 1.807) is 4.68 Å². The lowest BCUT2D eigenvalue weighted by atomic mass is 9.90. The Hall–Kier alpha value is -4.43. The number of aryl methyl sites for hydroxylation is 1. The summed E-state index contributed by atoms with van der Waals surface area (Å²) in [6.07, 6.45) is 2.88. The molecule has 8 heteroatoms. The van der Waals surface area contributed by atoms with E-state index in [4.69, 9.17) is 9.84 Å². The smallest absolute Gasteiger partial charge is 0.324 e. The minimum absolute atomic E-state index is 0.0944. The average Bonchev–Trinajstić information content (AvgIpc) is 3.45. The minimum Gasteiger partial charge on any atom is -0.371 e. The lowest BCUT2D eigenvalue weighted by Gasteiger charge is -2.32. The third-order valence-corrected chi connectivity index (χ3v) is 8.51. The number of hydrogen-bond donors (Lipinski definition) is 2. The largest absolute Gasteiger partial charge is 0.371 e. The fraction of sp³-hybridized carbons (Fsp3) is 0.410. The fourth-order valence-electron chi connectivity index (χ4n) is 5.62. The Morgan fingerprint density at radius 2 is 1.45 bits per heavy atom. The molecule has 0 unspecified atom stereocenters. The van der Waals surface area contributed by atoms with Gasteiger partial charge in [-0.05, 0) is 100 Å². The number of benzene rings is 3. The molecule has 0 spiro atoms. The first-order valence-corrected chi connectivity index (χ1v) is 16.6. The number of aromatic nitrogens is 2. The van der Waals surface area contributed by atoms with Crippen molar-refractivity contribution in [1.82, 2.24) is 14.7 Å². The highest BCUT2D eigenvalue weighted by Gasteiger charge is 2.25. The highest BCUT2D eigenvalue weighted by Crippen LogP contribution is 2.27. The first-order chi connectivity index (χ1) is 22.2. The monoisotopic (exact) mass is 635 g/mol. The molecule has 0 bridgehead atoms. The van der Waals surface area contributed by atoms with Gasteiger partial charge in [-0.2, -0.15) is 5.10 Å². The molecule has 1 aliphatic heterocycles. The van der Waals surface area contributed by atoms with Crippen molar-refractivity contribution < 1.29 is 14.3 Å². The Bertz CT molecular complexity index is 1650. The summed E-state index contributed by atoms with van der Waals surface area (Å²) in [6.45, 7) is 16.5. The molecular weight excluding hydrogens is 586 g/mol. The second-order valence-electron chi connectivity index (χ2n) is 14.7. The molecule has 1 aromatic heterocycles. The van der Waals surface area contributed by atoms with Gasteiger partial charge in [0.2, 0.25) is 0 Å². The fourth-order valence-corrected chi connectivity index (χ4v) is 5.62. The van der Waals surface area contributed by atoms with Gasteiger partial charge in [0.1, 0.15) is 5.82 Å². The van der Waals surface area contributed by atoms with Crippen molar-refractivity contribution in [1.29, 1.82) is 0 Å². The SMILES string of the molecule is Cc1ccc(-n2nc(C(C)(C)C)cc2NC(=O)Nc2ccc(CC3CCN(C(=O)c4ccc(COC(C)(C)C)cc4)CC3)cc2)cc1. The number of carbonyl (C=O) groups excluding carboxylic acids is 2. The van der Waals surface area contributed by atoms with Gasteiger partial charge in [0.05, 0.1) is 23.6 Å². The Balaban J connectivity index is 1.11. The summed E-state index contributed by atoms with van der Waals surface area (Å²) in [5.41, 5.74) is 6.32. The van der Waals surface area contributed by atoms with E-state index in [1.807, 2.05) is 99.3 Å². The predicted octanol–water partition coefficient (Wildman–Crippen LogP) is 8.53. The van der Waals surface area contributed by atoms with Crippen molar-refractivity contribution >= 4 is 23.4 Å². The van der Waals surface area contributed by atoms with E-state index in [0.717, 1.165) is 66.1 Å². The molecule has 0 saturated carbocycles. The van der Waals surface area contributed by atoms with Gasteiger partial charge < -0.3 is 15.0 Å². The van der Waals surface area contributed by atoms with Crippen molar-refractivity contribution in [2.75, 3.05) is 23.7 Å². The summed E-state index contributed by atoms with van der Waals surface area (Å²) in [7, 11) is 0. The van der Waals surface area contributed by atoms with E-state index in [0.29, 0.717) is 18.3 Å². The molecule has 0 radical (unpaired) electrons. The molecule has 0 aliphatic carbocycles. The molecule has 47 heavy (non-hydrogen) atoms. The molecule has 3 amide bonds. The van der Waals surface area contributed by atoms with Crippen molar-refractivity contribution in [2.24, 2.45) is 5.92 Å². The van der Waals surface area contributed by atoms with Crippen LogP contribution < -0.4 is 10.6 Å². The van der Waals surface area contributed by atoms with Gasteiger partial charge >= 0.3 is 6.03 Å². The zero-order valence-corrected chi connectivity index (χ0v) is 28.9. The second-order valence-corrected chi connectivity index (χ2v) is 14.7. The van der Waals surface area contributed by atoms with Crippen LogP contribution in [0.4, 0.5) is 16.3 Å². The molecule has 1 saturated heterocycles. The minimum atomic E-state index is -0.323. The summed E-state index contributed by atoms with van der Waals surface area (Å²) >= 11 is 0. The van der Waals surface area contributed by atoms with E-state index in [-0.39, 0.29) is 23.0 Å². The maximum absolute atomic E-state index is 13.1. The summed E-state index contributed by atoms with van der Waals surface area (Å²) in [4.78, 5) is 28.2. The molecule has 2 heterocycles. The Labute approximate surface area is 279 Å². The highest BCUT2D eigenvalue weighted by molar-refractivity contribution is 5.99. The number of rotatable bonds is 8. The van der Waals surface area contributed by atoms with E-state index in [9.17, 15) is 9.59 Å². The van der Waals surface area contributed by atoms with Crippen LogP contribution in [-0.2, 0) is 23.2 Å². The molecule has 2 N–H and O–H groups in total. The van der Waals surface area contributed by atoms with Crippen LogP contribution in [0.15, 0.2) is 78.9 Å². The first-order valence-electron chi connectivity index (χ1n) is 16.6. The number of piperidine rings is 1.